The maximum Gasteiger partial charge on any atom is 0.272 e. The summed E-state index contributed by atoms with van der Waals surface area (Å²) in [5.41, 5.74) is 2.06. The molecule has 0 heterocycles. The lowest BCUT2D eigenvalue weighted by Gasteiger charge is -2.21. The van der Waals surface area contributed by atoms with E-state index in [9.17, 15) is 10.1 Å². The van der Waals surface area contributed by atoms with Gasteiger partial charge in [-0.15, -0.1) is 0 Å². The van der Waals surface area contributed by atoms with Crippen molar-refractivity contribution in [1.82, 2.24) is 5.32 Å². The van der Waals surface area contributed by atoms with Crippen molar-refractivity contribution in [3.63, 3.8) is 0 Å². The molecule has 1 aromatic rings. The standard InChI is InChI=1S/C13H20N2O2/c1-5-14-11(4)10(3)12-6-7-13(15(16)17)9(2)8-12/h6-8,10-11,14H,5H2,1-4H3. The Kier molecular flexibility index (Phi) is 4.63. The number of aryl methyl sites for hydroxylation is 1. The molecule has 17 heavy (non-hydrogen) atoms. The summed E-state index contributed by atoms with van der Waals surface area (Å²) in [7, 11) is 0. The highest BCUT2D eigenvalue weighted by Crippen LogP contribution is 2.25. The Morgan fingerprint density at radius 3 is 2.53 bits per heavy atom. The lowest BCUT2D eigenvalue weighted by Crippen LogP contribution is -2.30. The Bertz CT molecular complexity index is 404. The maximum absolute atomic E-state index is 10.7. The molecule has 4 nitrogen and oxygen atoms in total. The Hall–Kier alpha value is -1.42. The quantitative estimate of drug-likeness (QED) is 0.631. The lowest BCUT2D eigenvalue weighted by atomic mass is 9.93. The number of nitrogens with zero attached hydrogens (tertiary/aromatic N) is 1. The van der Waals surface area contributed by atoms with Crippen LogP contribution in [0.2, 0.25) is 0 Å². The highest BCUT2D eigenvalue weighted by molar-refractivity contribution is 5.42. The molecule has 1 rings (SSSR count). The second-order valence-electron chi connectivity index (χ2n) is 4.44. The van der Waals surface area contributed by atoms with Crippen LogP contribution >= 0.6 is 0 Å². The van der Waals surface area contributed by atoms with Crippen LogP contribution in [-0.4, -0.2) is 17.5 Å². The van der Waals surface area contributed by atoms with Gasteiger partial charge in [0.05, 0.1) is 4.92 Å². The van der Waals surface area contributed by atoms with Gasteiger partial charge < -0.3 is 5.32 Å². The van der Waals surface area contributed by atoms with Gasteiger partial charge in [0.1, 0.15) is 0 Å². The van der Waals surface area contributed by atoms with E-state index in [4.69, 9.17) is 0 Å². The van der Waals surface area contributed by atoms with Crippen molar-refractivity contribution in [3.8, 4) is 0 Å². The first-order valence-corrected chi connectivity index (χ1v) is 5.95. The zero-order valence-electron chi connectivity index (χ0n) is 10.9. The summed E-state index contributed by atoms with van der Waals surface area (Å²) in [6, 6.07) is 5.72. The zero-order valence-corrected chi connectivity index (χ0v) is 10.9. The normalized spacial score (nSPS) is 14.4. The molecule has 0 saturated carbocycles. The highest BCUT2D eigenvalue weighted by Gasteiger charge is 2.16. The predicted octanol–water partition coefficient (Wildman–Crippen LogP) is 3.00. The van der Waals surface area contributed by atoms with E-state index in [0.717, 1.165) is 17.7 Å². The minimum absolute atomic E-state index is 0.192. The second kappa shape index (κ2) is 5.77. The minimum Gasteiger partial charge on any atom is -0.314 e. The van der Waals surface area contributed by atoms with E-state index >= 15 is 0 Å². The largest absolute Gasteiger partial charge is 0.314 e. The van der Waals surface area contributed by atoms with E-state index in [1.165, 1.54) is 0 Å². The molecule has 4 heteroatoms. The van der Waals surface area contributed by atoms with Crippen LogP contribution in [0.15, 0.2) is 18.2 Å². The van der Waals surface area contributed by atoms with Gasteiger partial charge in [-0.25, -0.2) is 0 Å². The van der Waals surface area contributed by atoms with Crippen molar-refractivity contribution >= 4 is 5.69 Å². The lowest BCUT2D eigenvalue weighted by molar-refractivity contribution is -0.385. The third kappa shape index (κ3) is 3.27. The Labute approximate surface area is 102 Å². The van der Waals surface area contributed by atoms with Crippen molar-refractivity contribution in [1.29, 1.82) is 0 Å². The molecule has 0 aliphatic carbocycles. The molecule has 1 N–H and O–H groups in total. The molecule has 0 fully saturated rings. The average molecular weight is 236 g/mol. The first-order chi connectivity index (χ1) is 7.97. The summed E-state index contributed by atoms with van der Waals surface area (Å²) in [4.78, 5) is 10.4. The van der Waals surface area contributed by atoms with Crippen LogP contribution in [0, 0.1) is 17.0 Å². The summed E-state index contributed by atoms with van der Waals surface area (Å²) in [6.07, 6.45) is 0. The van der Waals surface area contributed by atoms with Crippen LogP contribution in [0.5, 0.6) is 0 Å². The van der Waals surface area contributed by atoms with Gasteiger partial charge in [-0.1, -0.05) is 19.9 Å². The third-order valence-electron chi connectivity index (χ3n) is 3.22. The number of hydrogen-bond donors (Lipinski definition) is 1. The Balaban J connectivity index is 2.93. The Morgan fingerprint density at radius 2 is 2.06 bits per heavy atom. The number of nitrogens with one attached hydrogen (secondary N) is 1. The number of rotatable bonds is 5. The summed E-state index contributed by atoms with van der Waals surface area (Å²) in [5, 5.41) is 14.1. The first kappa shape index (κ1) is 13.6. The number of nitro groups is 1. The fourth-order valence-electron chi connectivity index (χ4n) is 1.95. The Morgan fingerprint density at radius 1 is 1.41 bits per heavy atom. The van der Waals surface area contributed by atoms with Gasteiger partial charge in [0.2, 0.25) is 0 Å². The molecule has 2 atom stereocenters. The predicted molar refractivity (Wildman–Crippen MR) is 69.4 cm³/mol. The van der Waals surface area contributed by atoms with Gasteiger partial charge in [-0.2, -0.15) is 0 Å². The van der Waals surface area contributed by atoms with Gasteiger partial charge >= 0.3 is 0 Å². The van der Waals surface area contributed by atoms with Crippen LogP contribution in [0.25, 0.3) is 0 Å². The number of benzene rings is 1. The maximum atomic E-state index is 10.7. The smallest absolute Gasteiger partial charge is 0.272 e. The van der Waals surface area contributed by atoms with Gasteiger partial charge in [0.25, 0.3) is 5.69 Å². The van der Waals surface area contributed by atoms with Gasteiger partial charge in [-0.3, -0.25) is 10.1 Å². The molecular weight excluding hydrogens is 216 g/mol. The SMILES string of the molecule is CCNC(C)C(C)c1ccc([N+](=O)[O-])c(C)c1. The van der Waals surface area contributed by atoms with Gasteiger partial charge in [0, 0.05) is 17.7 Å². The van der Waals surface area contributed by atoms with E-state index in [1.807, 2.05) is 12.1 Å². The molecule has 1 aromatic carbocycles. The average Bonchev–Trinajstić information content (AvgIpc) is 2.27. The van der Waals surface area contributed by atoms with E-state index in [0.29, 0.717) is 12.0 Å². The van der Waals surface area contributed by atoms with Crippen LogP contribution in [-0.2, 0) is 0 Å². The molecule has 0 aliphatic heterocycles. The fraction of sp³-hybridized carbons (Fsp3) is 0.538. The molecule has 94 valence electrons. The first-order valence-electron chi connectivity index (χ1n) is 5.95. The van der Waals surface area contributed by atoms with Gasteiger partial charge in [-0.05, 0) is 37.9 Å². The van der Waals surface area contributed by atoms with Crippen LogP contribution in [0.3, 0.4) is 0 Å². The van der Waals surface area contributed by atoms with Crippen molar-refractivity contribution in [2.45, 2.75) is 39.7 Å². The second-order valence-corrected chi connectivity index (χ2v) is 4.44. The van der Waals surface area contributed by atoms with Crippen molar-refractivity contribution in [3.05, 3.63) is 39.4 Å². The van der Waals surface area contributed by atoms with Crippen molar-refractivity contribution in [2.24, 2.45) is 0 Å². The summed E-state index contributed by atoms with van der Waals surface area (Å²) in [5.74, 6) is 0.342. The summed E-state index contributed by atoms with van der Waals surface area (Å²) >= 11 is 0. The van der Waals surface area contributed by atoms with Crippen LogP contribution in [0.1, 0.15) is 37.8 Å². The number of likely N-dealkylation sites (N-methyl/N-ethyl adjacent to an activating group) is 1. The highest BCUT2D eigenvalue weighted by atomic mass is 16.6. The monoisotopic (exact) mass is 236 g/mol. The molecule has 0 aromatic heterocycles. The van der Waals surface area contributed by atoms with E-state index in [1.54, 1.807) is 13.0 Å². The molecular formula is C13H20N2O2. The van der Waals surface area contributed by atoms with Crippen molar-refractivity contribution < 1.29 is 4.92 Å². The molecule has 0 radical (unpaired) electrons. The topological polar surface area (TPSA) is 55.2 Å². The third-order valence-corrected chi connectivity index (χ3v) is 3.22. The van der Waals surface area contributed by atoms with Crippen molar-refractivity contribution in [2.75, 3.05) is 6.54 Å². The molecule has 0 spiro atoms. The molecule has 0 bridgehead atoms. The molecule has 2 unspecified atom stereocenters. The van der Waals surface area contributed by atoms with Crippen LogP contribution in [0.4, 0.5) is 5.69 Å². The molecule has 0 saturated heterocycles. The van der Waals surface area contributed by atoms with E-state index in [-0.39, 0.29) is 10.6 Å². The zero-order chi connectivity index (χ0) is 13.0. The number of hydrogen-bond acceptors (Lipinski definition) is 3. The number of nitro benzene ring substituents is 1. The van der Waals surface area contributed by atoms with E-state index in [2.05, 4.69) is 26.1 Å². The summed E-state index contributed by atoms with van der Waals surface area (Å²) < 4.78 is 0. The summed E-state index contributed by atoms with van der Waals surface area (Å²) in [6.45, 7) is 9.05. The van der Waals surface area contributed by atoms with E-state index < -0.39 is 0 Å². The minimum atomic E-state index is -0.336. The molecule has 0 amide bonds. The van der Waals surface area contributed by atoms with Crippen LogP contribution < -0.4 is 5.32 Å². The molecule has 0 aliphatic rings. The van der Waals surface area contributed by atoms with Gasteiger partial charge in [0.15, 0.2) is 0 Å². The fourth-order valence-corrected chi connectivity index (χ4v) is 1.95.